The van der Waals surface area contributed by atoms with Crippen LogP contribution in [0.2, 0.25) is 0 Å². The number of nitrogens with zero attached hydrogens (tertiary/aromatic N) is 3. The second-order valence-corrected chi connectivity index (χ2v) is 5.53. The SMILES string of the molecule is O=C(O)CN1CCC(n2c(-c3cccs3)noc2=O)C1=O. The Morgan fingerprint density at radius 3 is 3.00 bits per heavy atom. The van der Waals surface area contributed by atoms with Crippen LogP contribution in [0.5, 0.6) is 0 Å². The second-order valence-electron chi connectivity index (χ2n) is 4.58. The average molecular weight is 309 g/mol. The fraction of sp³-hybridized carbons (Fsp3) is 0.333. The van der Waals surface area contributed by atoms with Crippen molar-refractivity contribution in [1.29, 1.82) is 0 Å². The molecule has 9 heteroatoms. The summed E-state index contributed by atoms with van der Waals surface area (Å²) in [6.07, 6.45) is 0.353. The van der Waals surface area contributed by atoms with Crippen molar-refractivity contribution in [3.63, 3.8) is 0 Å². The maximum Gasteiger partial charge on any atom is 0.442 e. The summed E-state index contributed by atoms with van der Waals surface area (Å²) >= 11 is 1.37. The van der Waals surface area contributed by atoms with E-state index in [1.54, 1.807) is 12.1 Å². The molecule has 0 aromatic carbocycles. The van der Waals surface area contributed by atoms with Gasteiger partial charge in [0.25, 0.3) is 0 Å². The smallest absolute Gasteiger partial charge is 0.442 e. The topological polar surface area (TPSA) is 106 Å². The maximum atomic E-state index is 12.3. The molecular weight excluding hydrogens is 298 g/mol. The number of hydrogen-bond acceptors (Lipinski definition) is 6. The van der Waals surface area contributed by atoms with E-state index in [4.69, 9.17) is 5.11 Å². The molecule has 110 valence electrons. The highest BCUT2D eigenvalue weighted by atomic mass is 32.1. The lowest BCUT2D eigenvalue weighted by Gasteiger charge is -2.14. The summed E-state index contributed by atoms with van der Waals surface area (Å²) in [7, 11) is 0. The molecule has 1 aliphatic heterocycles. The number of carboxylic acids is 1. The zero-order valence-corrected chi connectivity index (χ0v) is 11.6. The van der Waals surface area contributed by atoms with E-state index < -0.39 is 23.7 Å². The highest BCUT2D eigenvalue weighted by Gasteiger charge is 2.37. The van der Waals surface area contributed by atoms with Crippen LogP contribution in [0.1, 0.15) is 12.5 Å². The molecule has 1 atom stereocenters. The Balaban J connectivity index is 1.95. The molecule has 1 unspecified atom stereocenters. The van der Waals surface area contributed by atoms with Crippen LogP contribution in [0.15, 0.2) is 26.8 Å². The van der Waals surface area contributed by atoms with Gasteiger partial charge in [-0.15, -0.1) is 11.3 Å². The molecule has 3 heterocycles. The number of aromatic nitrogens is 2. The molecule has 8 nitrogen and oxygen atoms in total. The van der Waals surface area contributed by atoms with Crippen LogP contribution in [0.3, 0.4) is 0 Å². The highest BCUT2D eigenvalue weighted by Crippen LogP contribution is 2.28. The van der Waals surface area contributed by atoms with Gasteiger partial charge >= 0.3 is 11.7 Å². The van der Waals surface area contributed by atoms with Gasteiger partial charge in [0.05, 0.1) is 4.88 Å². The minimum Gasteiger partial charge on any atom is -0.480 e. The summed E-state index contributed by atoms with van der Waals surface area (Å²) in [5, 5.41) is 14.3. The van der Waals surface area contributed by atoms with E-state index in [1.807, 2.05) is 5.38 Å². The number of aliphatic carboxylic acids is 1. The Morgan fingerprint density at radius 1 is 1.52 bits per heavy atom. The molecule has 1 amide bonds. The Bertz CT molecular complexity index is 732. The van der Waals surface area contributed by atoms with Gasteiger partial charge in [-0.05, 0) is 17.9 Å². The minimum atomic E-state index is -1.08. The van der Waals surface area contributed by atoms with Crippen LogP contribution in [-0.4, -0.2) is 44.7 Å². The molecule has 1 fully saturated rings. The molecule has 2 aromatic rings. The molecule has 0 saturated carbocycles. The van der Waals surface area contributed by atoms with Crippen LogP contribution < -0.4 is 5.76 Å². The number of likely N-dealkylation sites (tertiary alicyclic amines) is 1. The fourth-order valence-corrected chi connectivity index (χ4v) is 3.09. The van der Waals surface area contributed by atoms with Gasteiger partial charge in [0.2, 0.25) is 5.91 Å². The molecule has 1 N–H and O–H groups in total. The van der Waals surface area contributed by atoms with Gasteiger partial charge in [0, 0.05) is 6.54 Å². The first-order valence-electron chi connectivity index (χ1n) is 6.20. The van der Waals surface area contributed by atoms with Crippen molar-refractivity contribution in [2.24, 2.45) is 0 Å². The van der Waals surface area contributed by atoms with Gasteiger partial charge < -0.3 is 10.0 Å². The summed E-state index contributed by atoms with van der Waals surface area (Å²) in [6, 6.07) is 2.81. The highest BCUT2D eigenvalue weighted by molar-refractivity contribution is 7.13. The summed E-state index contributed by atoms with van der Waals surface area (Å²) in [5.74, 6) is -1.90. The Hall–Kier alpha value is -2.42. The number of rotatable bonds is 4. The van der Waals surface area contributed by atoms with Crippen molar-refractivity contribution < 1.29 is 19.2 Å². The van der Waals surface area contributed by atoms with Crippen molar-refractivity contribution >= 4 is 23.2 Å². The predicted octanol–water partition coefficient (Wildman–Crippen LogP) is 0.423. The van der Waals surface area contributed by atoms with Crippen molar-refractivity contribution in [2.45, 2.75) is 12.5 Å². The summed E-state index contributed by atoms with van der Waals surface area (Å²) in [6.45, 7) is -0.0823. The maximum absolute atomic E-state index is 12.3. The average Bonchev–Trinajstić information content (AvgIpc) is 3.12. The minimum absolute atomic E-state index is 0.289. The Kier molecular flexibility index (Phi) is 3.34. The van der Waals surface area contributed by atoms with Gasteiger partial charge in [-0.2, -0.15) is 0 Å². The summed E-state index contributed by atoms with van der Waals surface area (Å²) < 4.78 is 5.88. The van der Waals surface area contributed by atoms with Crippen LogP contribution in [-0.2, 0) is 9.59 Å². The fourth-order valence-electron chi connectivity index (χ4n) is 2.38. The lowest BCUT2D eigenvalue weighted by molar-refractivity contribution is -0.143. The van der Waals surface area contributed by atoms with Crippen molar-refractivity contribution in [3.8, 4) is 10.7 Å². The first-order chi connectivity index (χ1) is 10.1. The van der Waals surface area contributed by atoms with Crippen LogP contribution in [0.4, 0.5) is 0 Å². The molecule has 0 radical (unpaired) electrons. The molecule has 0 aliphatic carbocycles. The standard InChI is InChI=1S/C12H11N3O5S/c16-9(17)6-14-4-3-7(11(14)18)15-10(13-20-12(15)19)8-2-1-5-21-8/h1-2,5,7H,3-4,6H2,(H,16,17). The summed E-state index contributed by atoms with van der Waals surface area (Å²) in [5.41, 5.74) is 0. The largest absolute Gasteiger partial charge is 0.480 e. The van der Waals surface area contributed by atoms with Gasteiger partial charge in [-0.25, -0.2) is 9.36 Å². The Morgan fingerprint density at radius 2 is 2.33 bits per heavy atom. The van der Waals surface area contributed by atoms with Gasteiger partial charge in [0.1, 0.15) is 12.6 Å². The number of carbonyl (C=O) groups excluding carboxylic acids is 1. The summed E-state index contributed by atoms with van der Waals surface area (Å²) in [4.78, 5) is 36.7. The van der Waals surface area contributed by atoms with E-state index in [1.165, 1.54) is 20.8 Å². The normalized spacial score (nSPS) is 18.4. The lowest BCUT2D eigenvalue weighted by Crippen LogP contribution is -2.34. The van der Waals surface area contributed by atoms with Crippen molar-refractivity contribution in [3.05, 3.63) is 28.1 Å². The number of hydrogen-bond donors (Lipinski definition) is 1. The molecule has 0 spiro atoms. The second kappa shape index (κ2) is 5.17. The van der Waals surface area contributed by atoms with Gasteiger partial charge in [-0.3, -0.25) is 14.1 Å². The lowest BCUT2D eigenvalue weighted by atomic mass is 10.2. The number of carboxylic acid groups (broad SMARTS) is 1. The van der Waals surface area contributed by atoms with E-state index in [2.05, 4.69) is 9.68 Å². The number of thiophene rings is 1. The third-order valence-electron chi connectivity index (χ3n) is 3.28. The van der Waals surface area contributed by atoms with E-state index in [0.717, 1.165) is 0 Å². The van der Waals surface area contributed by atoms with Crippen LogP contribution >= 0.6 is 11.3 Å². The van der Waals surface area contributed by atoms with Crippen LogP contribution in [0.25, 0.3) is 10.7 Å². The van der Waals surface area contributed by atoms with E-state index in [-0.39, 0.29) is 13.1 Å². The van der Waals surface area contributed by atoms with Crippen molar-refractivity contribution in [2.75, 3.05) is 13.1 Å². The van der Waals surface area contributed by atoms with E-state index in [0.29, 0.717) is 17.1 Å². The number of carbonyl (C=O) groups is 2. The van der Waals surface area contributed by atoms with Crippen molar-refractivity contribution in [1.82, 2.24) is 14.6 Å². The Labute approximate surface area is 122 Å². The molecule has 1 saturated heterocycles. The molecule has 21 heavy (non-hydrogen) atoms. The third kappa shape index (κ3) is 2.35. The predicted molar refractivity (Wildman–Crippen MR) is 71.9 cm³/mol. The molecule has 2 aromatic heterocycles. The monoisotopic (exact) mass is 309 g/mol. The van der Waals surface area contributed by atoms with E-state index >= 15 is 0 Å². The zero-order chi connectivity index (χ0) is 15.0. The van der Waals surface area contributed by atoms with Crippen LogP contribution in [0, 0.1) is 0 Å². The first kappa shape index (κ1) is 13.6. The van der Waals surface area contributed by atoms with Gasteiger partial charge in [0.15, 0.2) is 5.82 Å². The third-order valence-corrected chi connectivity index (χ3v) is 4.15. The molecule has 3 rings (SSSR count). The number of amides is 1. The zero-order valence-electron chi connectivity index (χ0n) is 10.8. The molecule has 0 bridgehead atoms. The first-order valence-corrected chi connectivity index (χ1v) is 7.08. The molecular formula is C12H11N3O5S. The quantitative estimate of drug-likeness (QED) is 0.877. The molecule has 1 aliphatic rings. The van der Waals surface area contributed by atoms with E-state index in [9.17, 15) is 14.4 Å². The van der Waals surface area contributed by atoms with Gasteiger partial charge in [-0.1, -0.05) is 11.2 Å².